The van der Waals surface area contributed by atoms with Crippen LogP contribution < -0.4 is 16.6 Å². The highest BCUT2D eigenvalue weighted by atomic mass is 16.5. The summed E-state index contributed by atoms with van der Waals surface area (Å²) in [4.78, 5) is 8.82. The Morgan fingerprint density at radius 3 is 2.84 bits per heavy atom. The van der Waals surface area contributed by atoms with Crippen LogP contribution in [-0.2, 0) is 11.2 Å². The van der Waals surface area contributed by atoms with Crippen molar-refractivity contribution in [3.05, 3.63) is 11.9 Å². The summed E-state index contributed by atoms with van der Waals surface area (Å²) in [5.41, 5.74) is 2.59. The minimum Gasteiger partial charge on any atom is -0.378 e. The maximum atomic E-state index is 5.56. The standard InChI is InChI=1S/C13H23N5O/c1-3-4-11-16-12(7-13(17-11)18-14)15-8-10-5-6-19-9(10)2/h7,9-10H,3-6,8,14H2,1-2H3,(H2,15,16,17,18). The van der Waals surface area contributed by atoms with E-state index in [-0.39, 0.29) is 0 Å². The fourth-order valence-corrected chi connectivity index (χ4v) is 2.28. The average Bonchev–Trinajstić information content (AvgIpc) is 2.82. The first-order valence-electron chi connectivity index (χ1n) is 6.93. The van der Waals surface area contributed by atoms with E-state index >= 15 is 0 Å². The van der Waals surface area contributed by atoms with Crippen molar-refractivity contribution in [2.75, 3.05) is 23.9 Å². The molecule has 2 rings (SSSR count). The number of rotatable bonds is 6. The second-order valence-electron chi connectivity index (χ2n) is 4.95. The van der Waals surface area contributed by atoms with Crippen LogP contribution in [0.2, 0.25) is 0 Å². The van der Waals surface area contributed by atoms with Crippen LogP contribution in [0.5, 0.6) is 0 Å². The second kappa shape index (κ2) is 6.68. The van der Waals surface area contributed by atoms with Gasteiger partial charge in [0, 0.05) is 31.6 Å². The number of nitrogen functional groups attached to an aromatic ring is 1. The predicted molar refractivity (Wildman–Crippen MR) is 75.8 cm³/mol. The third-order valence-corrected chi connectivity index (χ3v) is 3.47. The summed E-state index contributed by atoms with van der Waals surface area (Å²) in [7, 11) is 0. The molecule has 0 bridgehead atoms. The monoisotopic (exact) mass is 265 g/mol. The third kappa shape index (κ3) is 3.78. The molecule has 0 amide bonds. The third-order valence-electron chi connectivity index (χ3n) is 3.47. The lowest BCUT2D eigenvalue weighted by Gasteiger charge is -2.16. The lowest BCUT2D eigenvalue weighted by molar-refractivity contribution is 0.108. The number of aromatic nitrogens is 2. The molecule has 2 heterocycles. The Bertz CT molecular complexity index is 412. The van der Waals surface area contributed by atoms with E-state index in [0.717, 1.165) is 44.1 Å². The van der Waals surface area contributed by atoms with Gasteiger partial charge in [0.05, 0.1) is 6.10 Å². The van der Waals surface area contributed by atoms with Gasteiger partial charge in [0.1, 0.15) is 17.5 Å². The van der Waals surface area contributed by atoms with Crippen molar-refractivity contribution in [2.24, 2.45) is 11.8 Å². The van der Waals surface area contributed by atoms with Gasteiger partial charge in [-0.2, -0.15) is 0 Å². The lowest BCUT2D eigenvalue weighted by atomic mass is 10.0. The maximum absolute atomic E-state index is 5.56. The van der Waals surface area contributed by atoms with Crippen LogP contribution in [0, 0.1) is 5.92 Å². The van der Waals surface area contributed by atoms with Gasteiger partial charge in [0.2, 0.25) is 0 Å². The molecule has 1 aliphatic rings. The van der Waals surface area contributed by atoms with Crippen molar-refractivity contribution in [3.63, 3.8) is 0 Å². The molecule has 1 aliphatic heterocycles. The Hall–Kier alpha value is -1.40. The first kappa shape index (κ1) is 14.0. The summed E-state index contributed by atoms with van der Waals surface area (Å²) in [5.74, 6) is 8.27. The number of hydrogen-bond donors (Lipinski definition) is 3. The fourth-order valence-electron chi connectivity index (χ4n) is 2.28. The van der Waals surface area contributed by atoms with Gasteiger partial charge in [0.25, 0.3) is 0 Å². The van der Waals surface area contributed by atoms with Crippen LogP contribution >= 0.6 is 0 Å². The number of anilines is 2. The molecule has 1 aromatic rings. The Morgan fingerprint density at radius 1 is 1.42 bits per heavy atom. The minimum absolute atomic E-state index is 0.316. The van der Waals surface area contributed by atoms with E-state index in [1.165, 1.54) is 0 Å². The number of nitrogens with two attached hydrogens (primary N) is 1. The van der Waals surface area contributed by atoms with Gasteiger partial charge in [-0.15, -0.1) is 0 Å². The normalized spacial score (nSPS) is 22.5. The van der Waals surface area contributed by atoms with E-state index < -0.39 is 0 Å². The number of hydrazine groups is 1. The topological polar surface area (TPSA) is 85.1 Å². The number of ether oxygens (including phenoxy) is 1. The lowest BCUT2D eigenvalue weighted by Crippen LogP contribution is -2.21. The molecule has 0 spiro atoms. The molecular weight excluding hydrogens is 242 g/mol. The number of aryl methyl sites for hydroxylation is 1. The Balaban J connectivity index is 2.00. The Morgan fingerprint density at radius 2 is 2.21 bits per heavy atom. The zero-order chi connectivity index (χ0) is 13.7. The summed E-state index contributed by atoms with van der Waals surface area (Å²) < 4.78 is 5.56. The van der Waals surface area contributed by atoms with Crippen molar-refractivity contribution in [1.82, 2.24) is 9.97 Å². The average molecular weight is 265 g/mol. The molecule has 2 unspecified atom stereocenters. The van der Waals surface area contributed by atoms with Gasteiger partial charge in [-0.1, -0.05) is 6.92 Å². The van der Waals surface area contributed by atoms with Crippen molar-refractivity contribution in [2.45, 2.75) is 39.2 Å². The van der Waals surface area contributed by atoms with Crippen LogP contribution in [0.1, 0.15) is 32.5 Å². The van der Waals surface area contributed by atoms with Gasteiger partial charge in [0.15, 0.2) is 0 Å². The van der Waals surface area contributed by atoms with Crippen molar-refractivity contribution >= 4 is 11.6 Å². The molecule has 0 aliphatic carbocycles. The molecule has 0 radical (unpaired) electrons. The molecule has 4 N–H and O–H groups in total. The van der Waals surface area contributed by atoms with Crippen LogP contribution in [0.3, 0.4) is 0 Å². The highest BCUT2D eigenvalue weighted by Crippen LogP contribution is 2.21. The Labute approximate surface area is 114 Å². The van der Waals surface area contributed by atoms with Crippen LogP contribution in [-0.4, -0.2) is 29.2 Å². The van der Waals surface area contributed by atoms with E-state index in [1.54, 1.807) is 0 Å². The molecule has 19 heavy (non-hydrogen) atoms. The number of nitrogens with one attached hydrogen (secondary N) is 2. The summed E-state index contributed by atoms with van der Waals surface area (Å²) in [6.07, 6.45) is 3.29. The maximum Gasteiger partial charge on any atom is 0.145 e. The molecule has 0 aromatic carbocycles. The highest BCUT2D eigenvalue weighted by molar-refractivity contribution is 5.46. The molecular formula is C13H23N5O. The van der Waals surface area contributed by atoms with E-state index in [0.29, 0.717) is 17.8 Å². The molecule has 1 aromatic heterocycles. The summed E-state index contributed by atoms with van der Waals surface area (Å²) >= 11 is 0. The van der Waals surface area contributed by atoms with E-state index in [4.69, 9.17) is 10.6 Å². The second-order valence-corrected chi connectivity index (χ2v) is 4.95. The number of nitrogens with zero attached hydrogens (tertiary/aromatic N) is 2. The summed E-state index contributed by atoms with van der Waals surface area (Å²) in [5, 5.41) is 3.36. The molecule has 6 nitrogen and oxygen atoms in total. The van der Waals surface area contributed by atoms with Crippen molar-refractivity contribution in [3.8, 4) is 0 Å². The van der Waals surface area contributed by atoms with E-state index in [1.807, 2.05) is 6.07 Å². The molecule has 0 saturated carbocycles. The molecule has 6 heteroatoms. The van der Waals surface area contributed by atoms with Crippen molar-refractivity contribution in [1.29, 1.82) is 0 Å². The highest BCUT2D eigenvalue weighted by Gasteiger charge is 2.23. The van der Waals surface area contributed by atoms with Gasteiger partial charge in [-0.05, 0) is 19.8 Å². The minimum atomic E-state index is 0.316. The van der Waals surface area contributed by atoms with Gasteiger partial charge in [-0.25, -0.2) is 15.8 Å². The summed E-state index contributed by atoms with van der Waals surface area (Å²) in [6, 6.07) is 1.83. The molecule has 1 fully saturated rings. The zero-order valence-corrected chi connectivity index (χ0v) is 11.6. The smallest absolute Gasteiger partial charge is 0.145 e. The first-order chi connectivity index (χ1) is 9.22. The van der Waals surface area contributed by atoms with Gasteiger partial charge < -0.3 is 15.5 Å². The van der Waals surface area contributed by atoms with Crippen LogP contribution in [0.15, 0.2) is 6.07 Å². The number of hydrogen-bond acceptors (Lipinski definition) is 6. The SMILES string of the molecule is CCCc1nc(NN)cc(NCC2CCOC2C)n1. The van der Waals surface area contributed by atoms with Crippen LogP contribution in [0.25, 0.3) is 0 Å². The quantitative estimate of drug-likeness (QED) is 0.534. The molecule has 1 saturated heterocycles. The largest absolute Gasteiger partial charge is 0.378 e. The van der Waals surface area contributed by atoms with Gasteiger partial charge >= 0.3 is 0 Å². The summed E-state index contributed by atoms with van der Waals surface area (Å²) in [6.45, 7) is 5.95. The van der Waals surface area contributed by atoms with Gasteiger partial charge in [-0.3, -0.25) is 0 Å². The molecule has 106 valence electrons. The van der Waals surface area contributed by atoms with E-state index in [9.17, 15) is 0 Å². The zero-order valence-electron chi connectivity index (χ0n) is 11.6. The predicted octanol–water partition coefficient (Wildman–Crippen LogP) is 1.55. The van der Waals surface area contributed by atoms with Crippen LogP contribution in [0.4, 0.5) is 11.6 Å². The molecule has 2 atom stereocenters. The fraction of sp³-hybridized carbons (Fsp3) is 0.692. The Kier molecular flexibility index (Phi) is 4.93. The van der Waals surface area contributed by atoms with E-state index in [2.05, 4.69) is 34.6 Å². The first-order valence-corrected chi connectivity index (χ1v) is 6.93. The van der Waals surface area contributed by atoms with Crippen molar-refractivity contribution < 1.29 is 4.74 Å².